The maximum Gasteiger partial charge on any atom is 0.264 e. The van der Waals surface area contributed by atoms with Crippen LogP contribution in [0, 0.1) is 6.92 Å². The predicted molar refractivity (Wildman–Crippen MR) is 90.6 cm³/mol. The Morgan fingerprint density at radius 1 is 1.09 bits per heavy atom. The Labute approximate surface area is 136 Å². The van der Waals surface area contributed by atoms with E-state index in [0.717, 1.165) is 29.2 Å². The van der Waals surface area contributed by atoms with Gasteiger partial charge in [0.05, 0.1) is 4.90 Å². The van der Waals surface area contributed by atoms with Gasteiger partial charge in [-0.2, -0.15) is 0 Å². The van der Waals surface area contributed by atoms with Crippen LogP contribution >= 0.6 is 0 Å². The van der Waals surface area contributed by atoms with E-state index in [0.29, 0.717) is 6.42 Å². The van der Waals surface area contributed by atoms with E-state index < -0.39 is 15.9 Å². The van der Waals surface area contributed by atoms with E-state index >= 15 is 0 Å². The molecule has 23 heavy (non-hydrogen) atoms. The summed E-state index contributed by atoms with van der Waals surface area (Å²) in [5, 5.41) is 0. The predicted octanol–water partition coefficient (Wildman–Crippen LogP) is 2.77. The lowest BCUT2D eigenvalue weighted by molar-refractivity contribution is -0.114. The first-order valence-electron chi connectivity index (χ1n) is 7.25. The Bertz CT molecular complexity index is 811. The number of amides is 1. The summed E-state index contributed by atoms with van der Waals surface area (Å²) in [6, 6.07) is 14.9. The summed E-state index contributed by atoms with van der Waals surface area (Å²) in [5.74, 6) is -0.736. The fourth-order valence-electron chi connectivity index (χ4n) is 2.39. The van der Waals surface area contributed by atoms with Crippen LogP contribution in [0.3, 0.4) is 0 Å². The van der Waals surface area contributed by atoms with E-state index in [1.165, 1.54) is 6.07 Å². The molecular weight excluding hydrogens is 310 g/mol. The highest BCUT2D eigenvalue weighted by atomic mass is 32.2. The van der Waals surface area contributed by atoms with Crippen LogP contribution in [0.2, 0.25) is 0 Å². The van der Waals surface area contributed by atoms with Crippen molar-refractivity contribution in [1.29, 1.82) is 0 Å². The van der Waals surface area contributed by atoms with E-state index in [1.54, 1.807) is 6.07 Å². The molecule has 0 aliphatic carbocycles. The Morgan fingerprint density at radius 2 is 1.78 bits per heavy atom. The van der Waals surface area contributed by atoms with Crippen LogP contribution in [0.4, 0.5) is 0 Å². The average Bonchev–Trinajstić information content (AvgIpc) is 2.54. The zero-order valence-corrected chi connectivity index (χ0v) is 13.8. The minimum absolute atomic E-state index is 0.142. The molecule has 0 saturated carbocycles. The van der Waals surface area contributed by atoms with Gasteiger partial charge in [0.2, 0.25) is 0 Å². The van der Waals surface area contributed by atoms with Crippen molar-refractivity contribution in [1.82, 2.24) is 4.72 Å². The Kier molecular flexibility index (Phi) is 5.34. The highest BCUT2D eigenvalue weighted by Crippen LogP contribution is 2.21. The minimum Gasteiger partial charge on any atom is -0.269 e. The van der Waals surface area contributed by atoms with Crippen molar-refractivity contribution < 1.29 is 13.2 Å². The first-order chi connectivity index (χ1) is 10.9. The number of carbonyl (C=O) groups excluding carboxylic acids is 1. The summed E-state index contributed by atoms with van der Waals surface area (Å²) in [7, 11) is -3.90. The van der Waals surface area contributed by atoms with Gasteiger partial charge in [-0.25, -0.2) is 13.1 Å². The molecule has 0 aliphatic rings. The molecule has 120 valence electrons. The van der Waals surface area contributed by atoms with Crippen LogP contribution < -0.4 is 4.72 Å². The van der Waals surface area contributed by atoms with E-state index in [2.05, 4.69) is 6.58 Å². The van der Waals surface area contributed by atoms with Crippen molar-refractivity contribution in [2.24, 2.45) is 0 Å². The second-order valence-electron chi connectivity index (χ2n) is 5.21. The molecule has 0 spiro atoms. The smallest absolute Gasteiger partial charge is 0.264 e. The summed E-state index contributed by atoms with van der Waals surface area (Å²) < 4.78 is 26.8. The molecule has 5 heteroatoms. The molecule has 0 heterocycles. The normalized spacial score (nSPS) is 11.0. The molecule has 0 radical (unpaired) electrons. The fraction of sp³-hybridized carbons (Fsp3) is 0.167. The second kappa shape index (κ2) is 7.24. The Hall–Kier alpha value is -2.40. The molecule has 2 aromatic rings. The summed E-state index contributed by atoms with van der Waals surface area (Å²) in [6.45, 7) is 5.15. The third-order valence-electron chi connectivity index (χ3n) is 3.58. The first kappa shape index (κ1) is 17.0. The van der Waals surface area contributed by atoms with Crippen LogP contribution in [0.25, 0.3) is 0 Å². The van der Waals surface area contributed by atoms with Gasteiger partial charge in [0, 0.05) is 0 Å². The maximum atomic E-state index is 12.4. The SMILES string of the molecule is C=CC(=O)NS(=O)(=O)c1cccc(C)c1CCc1ccccc1. The summed E-state index contributed by atoms with van der Waals surface area (Å²) in [4.78, 5) is 11.5. The Balaban J connectivity index is 2.33. The van der Waals surface area contributed by atoms with Crippen LogP contribution in [-0.4, -0.2) is 14.3 Å². The van der Waals surface area contributed by atoms with Crippen molar-refractivity contribution in [2.75, 3.05) is 0 Å². The lowest BCUT2D eigenvalue weighted by Crippen LogP contribution is -2.29. The van der Waals surface area contributed by atoms with Crippen LogP contribution in [0.5, 0.6) is 0 Å². The number of hydrogen-bond donors (Lipinski definition) is 1. The van der Waals surface area contributed by atoms with E-state index in [-0.39, 0.29) is 4.90 Å². The molecule has 2 aromatic carbocycles. The van der Waals surface area contributed by atoms with Gasteiger partial charge in [0.15, 0.2) is 0 Å². The summed E-state index contributed by atoms with van der Waals surface area (Å²) >= 11 is 0. The zero-order chi connectivity index (χ0) is 16.9. The van der Waals surface area contributed by atoms with E-state index in [4.69, 9.17) is 0 Å². The monoisotopic (exact) mass is 329 g/mol. The van der Waals surface area contributed by atoms with Gasteiger partial charge in [0.1, 0.15) is 0 Å². The number of sulfonamides is 1. The topological polar surface area (TPSA) is 63.2 Å². The number of hydrogen-bond acceptors (Lipinski definition) is 3. The molecule has 0 aromatic heterocycles. The van der Waals surface area contributed by atoms with Gasteiger partial charge in [-0.15, -0.1) is 0 Å². The Morgan fingerprint density at radius 3 is 2.43 bits per heavy atom. The third kappa shape index (κ3) is 4.29. The van der Waals surface area contributed by atoms with E-state index in [9.17, 15) is 13.2 Å². The van der Waals surface area contributed by atoms with E-state index in [1.807, 2.05) is 48.0 Å². The van der Waals surface area contributed by atoms with Gasteiger partial charge in [-0.1, -0.05) is 49.0 Å². The molecular formula is C18H19NO3S. The van der Waals surface area contributed by atoms with Crippen LogP contribution in [0.1, 0.15) is 16.7 Å². The van der Waals surface area contributed by atoms with Gasteiger partial charge < -0.3 is 0 Å². The molecule has 2 rings (SSSR count). The van der Waals surface area contributed by atoms with Gasteiger partial charge in [-0.05, 0) is 48.6 Å². The molecule has 0 bridgehead atoms. The molecule has 0 fully saturated rings. The van der Waals surface area contributed by atoms with Gasteiger partial charge in [0.25, 0.3) is 15.9 Å². The van der Waals surface area contributed by atoms with Gasteiger partial charge >= 0.3 is 0 Å². The largest absolute Gasteiger partial charge is 0.269 e. The molecule has 4 nitrogen and oxygen atoms in total. The standard InChI is InChI=1S/C18H19NO3S/c1-3-18(20)19-23(21,22)17-11-7-8-14(2)16(17)13-12-15-9-5-4-6-10-15/h3-11H,1,12-13H2,2H3,(H,19,20). The molecule has 1 N–H and O–H groups in total. The number of rotatable bonds is 6. The van der Waals surface area contributed by atoms with Crippen molar-refractivity contribution >= 4 is 15.9 Å². The van der Waals surface area contributed by atoms with Crippen molar-refractivity contribution in [2.45, 2.75) is 24.7 Å². The third-order valence-corrected chi connectivity index (χ3v) is 5.02. The number of nitrogens with one attached hydrogen (secondary N) is 1. The van der Waals surface area contributed by atoms with Crippen LogP contribution in [-0.2, 0) is 27.7 Å². The van der Waals surface area contributed by atoms with Crippen molar-refractivity contribution in [3.05, 3.63) is 77.9 Å². The number of benzene rings is 2. The van der Waals surface area contributed by atoms with Gasteiger partial charge in [-0.3, -0.25) is 4.79 Å². The number of aryl methyl sites for hydroxylation is 2. The lowest BCUT2D eigenvalue weighted by Gasteiger charge is -2.13. The quantitative estimate of drug-likeness (QED) is 0.829. The molecule has 0 unspecified atom stereocenters. The number of carbonyl (C=O) groups is 1. The minimum atomic E-state index is -3.90. The average molecular weight is 329 g/mol. The van der Waals surface area contributed by atoms with Crippen molar-refractivity contribution in [3.8, 4) is 0 Å². The highest BCUT2D eigenvalue weighted by Gasteiger charge is 2.21. The van der Waals surface area contributed by atoms with Crippen molar-refractivity contribution in [3.63, 3.8) is 0 Å². The summed E-state index contributed by atoms with van der Waals surface area (Å²) in [6.07, 6.45) is 2.25. The molecule has 1 amide bonds. The zero-order valence-electron chi connectivity index (χ0n) is 13.0. The fourth-order valence-corrected chi connectivity index (χ4v) is 3.69. The first-order valence-corrected chi connectivity index (χ1v) is 8.74. The summed E-state index contributed by atoms with van der Waals surface area (Å²) in [5.41, 5.74) is 2.74. The highest BCUT2D eigenvalue weighted by molar-refractivity contribution is 7.90. The molecule has 0 atom stereocenters. The molecule has 0 aliphatic heterocycles. The molecule has 0 saturated heterocycles. The van der Waals surface area contributed by atoms with Crippen LogP contribution in [0.15, 0.2) is 66.1 Å². The maximum absolute atomic E-state index is 12.4. The second-order valence-corrected chi connectivity index (χ2v) is 6.86. The lowest BCUT2D eigenvalue weighted by atomic mass is 10.0.